The Morgan fingerprint density at radius 3 is 2.90 bits per heavy atom. The second kappa shape index (κ2) is 6.67. The first kappa shape index (κ1) is 14.7. The molecule has 0 saturated carbocycles. The average Bonchev–Trinajstić information content (AvgIpc) is 2.94. The number of nitrogens with one attached hydrogen (secondary N) is 1. The zero-order chi connectivity index (χ0) is 15.2. The van der Waals surface area contributed by atoms with Crippen LogP contribution in [0.2, 0.25) is 0 Å². The number of amides is 1. The van der Waals surface area contributed by atoms with Crippen LogP contribution in [0.1, 0.15) is 26.4 Å². The number of hydrogen-bond donors (Lipinski definition) is 3. The summed E-state index contributed by atoms with van der Waals surface area (Å²) in [6.07, 6.45) is 3.17. The standard InChI is InChI=1S/C14H16N4O3/c15-4-5-18-8-12(17-9-18)13(19)16-7-10-2-1-3-11(6-10)14(20)21/h1-3,6,8-9H,4-5,7,15H2,(H,16,19)(H,20,21). The molecular weight excluding hydrogens is 272 g/mol. The van der Waals surface area contributed by atoms with E-state index in [4.69, 9.17) is 10.8 Å². The number of benzene rings is 1. The Kier molecular flexibility index (Phi) is 4.68. The number of hydrogen-bond acceptors (Lipinski definition) is 4. The summed E-state index contributed by atoms with van der Waals surface area (Å²) < 4.78 is 1.74. The lowest BCUT2D eigenvalue weighted by atomic mass is 10.1. The molecule has 0 spiro atoms. The van der Waals surface area contributed by atoms with E-state index in [9.17, 15) is 9.59 Å². The maximum Gasteiger partial charge on any atom is 0.335 e. The molecule has 1 heterocycles. The Balaban J connectivity index is 1.97. The smallest absolute Gasteiger partial charge is 0.335 e. The summed E-state index contributed by atoms with van der Waals surface area (Å²) in [5.41, 5.74) is 6.63. The highest BCUT2D eigenvalue weighted by molar-refractivity contribution is 5.92. The normalized spacial score (nSPS) is 10.3. The van der Waals surface area contributed by atoms with Gasteiger partial charge in [0.05, 0.1) is 11.9 Å². The van der Waals surface area contributed by atoms with E-state index in [0.717, 1.165) is 0 Å². The van der Waals surface area contributed by atoms with Gasteiger partial charge >= 0.3 is 5.97 Å². The van der Waals surface area contributed by atoms with Crippen LogP contribution in [-0.4, -0.2) is 33.1 Å². The summed E-state index contributed by atoms with van der Waals surface area (Å²) in [7, 11) is 0. The zero-order valence-electron chi connectivity index (χ0n) is 11.3. The van der Waals surface area contributed by atoms with Crippen molar-refractivity contribution in [1.29, 1.82) is 0 Å². The first-order valence-electron chi connectivity index (χ1n) is 6.42. The van der Waals surface area contributed by atoms with Gasteiger partial charge < -0.3 is 20.7 Å². The fraction of sp³-hybridized carbons (Fsp3) is 0.214. The van der Waals surface area contributed by atoms with Gasteiger partial charge in [0.2, 0.25) is 0 Å². The van der Waals surface area contributed by atoms with Gasteiger partial charge in [0, 0.05) is 25.8 Å². The molecule has 1 aromatic heterocycles. The number of imidazole rings is 1. The van der Waals surface area contributed by atoms with Crippen LogP contribution in [0, 0.1) is 0 Å². The van der Waals surface area contributed by atoms with E-state index in [0.29, 0.717) is 24.3 Å². The average molecular weight is 288 g/mol. The monoisotopic (exact) mass is 288 g/mol. The SMILES string of the molecule is NCCn1cnc(C(=O)NCc2cccc(C(=O)O)c2)c1. The molecule has 0 radical (unpaired) electrons. The molecule has 1 aromatic carbocycles. The molecule has 21 heavy (non-hydrogen) atoms. The highest BCUT2D eigenvalue weighted by Crippen LogP contribution is 2.05. The molecule has 1 amide bonds. The molecule has 0 fully saturated rings. The quantitative estimate of drug-likeness (QED) is 0.715. The summed E-state index contributed by atoms with van der Waals surface area (Å²) in [4.78, 5) is 26.8. The van der Waals surface area contributed by atoms with E-state index in [2.05, 4.69) is 10.3 Å². The number of rotatable bonds is 6. The lowest BCUT2D eigenvalue weighted by Gasteiger charge is -2.04. The number of carbonyl (C=O) groups is 2. The molecule has 0 atom stereocenters. The maximum absolute atomic E-state index is 11.9. The Morgan fingerprint density at radius 1 is 1.38 bits per heavy atom. The van der Waals surface area contributed by atoms with Gasteiger partial charge in [0.1, 0.15) is 5.69 Å². The molecule has 0 unspecified atom stereocenters. The Hall–Kier alpha value is -2.67. The molecular formula is C14H16N4O3. The molecule has 0 bridgehead atoms. The molecule has 4 N–H and O–H groups in total. The highest BCUT2D eigenvalue weighted by atomic mass is 16.4. The van der Waals surface area contributed by atoms with Crippen molar-refractivity contribution in [3.8, 4) is 0 Å². The number of aromatic carboxylic acids is 1. The van der Waals surface area contributed by atoms with Gasteiger partial charge in [0.15, 0.2) is 0 Å². The fourth-order valence-electron chi connectivity index (χ4n) is 1.84. The Bertz CT molecular complexity index is 651. The van der Waals surface area contributed by atoms with Gasteiger partial charge in [0.25, 0.3) is 5.91 Å². The number of nitrogens with two attached hydrogens (primary N) is 1. The van der Waals surface area contributed by atoms with Crippen molar-refractivity contribution in [2.24, 2.45) is 5.73 Å². The topological polar surface area (TPSA) is 110 Å². The lowest BCUT2D eigenvalue weighted by molar-refractivity contribution is 0.0696. The third kappa shape index (κ3) is 3.90. The minimum atomic E-state index is -0.997. The van der Waals surface area contributed by atoms with Crippen LogP contribution in [-0.2, 0) is 13.1 Å². The number of carboxylic acid groups (broad SMARTS) is 1. The van der Waals surface area contributed by atoms with E-state index >= 15 is 0 Å². The van der Waals surface area contributed by atoms with E-state index in [1.54, 1.807) is 29.2 Å². The third-order valence-corrected chi connectivity index (χ3v) is 2.88. The lowest BCUT2D eigenvalue weighted by Crippen LogP contribution is -2.23. The third-order valence-electron chi connectivity index (χ3n) is 2.88. The van der Waals surface area contributed by atoms with Crippen molar-refractivity contribution in [1.82, 2.24) is 14.9 Å². The molecule has 0 saturated heterocycles. The molecule has 0 aliphatic rings. The maximum atomic E-state index is 11.9. The number of carbonyl (C=O) groups excluding carboxylic acids is 1. The minimum absolute atomic E-state index is 0.189. The van der Waals surface area contributed by atoms with Crippen molar-refractivity contribution >= 4 is 11.9 Å². The van der Waals surface area contributed by atoms with Crippen molar-refractivity contribution in [3.05, 3.63) is 53.6 Å². The molecule has 0 aliphatic heterocycles. The number of aromatic nitrogens is 2. The summed E-state index contributed by atoms with van der Waals surface area (Å²) in [6.45, 7) is 1.31. The summed E-state index contributed by atoms with van der Waals surface area (Å²) >= 11 is 0. The van der Waals surface area contributed by atoms with E-state index in [-0.39, 0.29) is 18.0 Å². The first-order chi connectivity index (χ1) is 10.1. The molecule has 7 nitrogen and oxygen atoms in total. The van der Waals surface area contributed by atoms with Crippen molar-refractivity contribution in [3.63, 3.8) is 0 Å². The Labute approximate surface area is 121 Å². The molecule has 0 aliphatic carbocycles. The first-order valence-corrected chi connectivity index (χ1v) is 6.42. The minimum Gasteiger partial charge on any atom is -0.478 e. The van der Waals surface area contributed by atoms with Crippen LogP contribution in [0.25, 0.3) is 0 Å². The Morgan fingerprint density at radius 2 is 2.19 bits per heavy atom. The largest absolute Gasteiger partial charge is 0.478 e. The van der Waals surface area contributed by atoms with Crippen LogP contribution in [0.3, 0.4) is 0 Å². The molecule has 2 rings (SSSR count). The second-order valence-corrected chi connectivity index (χ2v) is 4.47. The highest BCUT2D eigenvalue weighted by Gasteiger charge is 2.09. The fourth-order valence-corrected chi connectivity index (χ4v) is 1.84. The summed E-state index contributed by atoms with van der Waals surface area (Å²) in [5, 5.41) is 11.6. The van der Waals surface area contributed by atoms with Crippen LogP contribution < -0.4 is 11.1 Å². The predicted molar refractivity (Wildman–Crippen MR) is 75.9 cm³/mol. The molecule has 110 valence electrons. The number of carboxylic acids is 1. The van der Waals surface area contributed by atoms with E-state index in [1.165, 1.54) is 12.1 Å². The van der Waals surface area contributed by atoms with Gasteiger partial charge in [-0.05, 0) is 17.7 Å². The van der Waals surface area contributed by atoms with Gasteiger partial charge in [-0.15, -0.1) is 0 Å². The zero-order valence-corrected chi connectivity index (χ0v) is 11.3. The van der Waals surface area contributed by atoms with Crippen LogP contribution >= 0.6 is 0 Å². The van der Waals surface area contributed by atoms with Crippen LogP contribution in [0.15, 0.2) is 36.8 Å². The summed E-state index contributed by atoms with van der Waals surface area (Å²) in [6, 6.07) is 6.42. The van der Waals surface area contributed by atoms with Crippen molar-refractivity contribution < 1.29 is 14.7 Å². The van der Waals surface area contributed by atoms with Crippen LogP contribution in [0.4, 0.5) is 0 Å². The van der Waals surface area contributed by atoms with Crippen molar-refractivity contribution in [2.45, 2.75) is 13.1 Å². The second-order valence-electron chi connectivity index (χ2n) is 4.47. The number of nitrogens with zero attached hydrogens (tertiary/aromatic N) is 2. The summed E-state index contributed by atoms with van der Waals surface area (Å²) in [5.74, 6) is -1.31. The van der Waals surface area contributed by atoms with E-state index in [1.807, 2.05) is 0 Å². The molecule has 2 aromatic rings. The van der Waals surface area contributed by atoms with Gasteiger partial charge in [-0.3, -0.25) is 4.79 Å². The van der Waals surface area contributed by atoms with Gasteiger partial charge in [-0.2, -0.15) is 0 Å². The predicted octanol–water partition coefficient (Wildman–Crippen LogP) is 0.470. The molecule has 7 heteroatoms. The van der Waals surface area contributed by atoms with E-state index < -0.39 is 5.97 Å². The van der Waals surface area contributed by atoms with Crippen LogP contribution in [0.5, 0.6) is 0 Å². The van der Waals surface area contributed by atoms with Crippen molar-refractivity contribution in [2.75, 3.05) is 6.54 Å². The van der Waals surface area contributed by atoms with Gasteiger partial charge in [-0.25, -0.2) is 9.78 Å². The van der Waals surface area contributed by atoms with Gasteiger partial charge in [-0.1, -0.05) is 12.1 Å².